The number of hydrogen-bond acceptors (Lipinski definition) is 4. The van der Waals surface area contributed by atoms with Crippen LogP contribution in [-0.4, -0.2) is 26.4 Å². The van der Waals surface area contributed by atoms with Crippen molar-refractivity contribution in [2.75, 3.05) is 6.26 Å². The zero-order valence-electron chi connectivity index (χ0n) is 9.82. The second-order valence-electron chi connectivity index (χ2n) is 3.81. The molecule has 3 aromatic rings. The molecule has 0 aliphatic rings. The van der Waals surface area contributed by atoms with Gasteiger partial charge in [-0.3, -0.25) is 5.10 Å². The summed E-state index contributed by atoms with van der Waals surface area (Å²) >= 11 is 7.56. The Morgan fingerprint density at radius 3 is 2.63 bits per heavy atom. The van der Waals surface area contributed by atoms with Crippen LogP contribution in [0.3, 0.4) is 0 Å². The van der Waals surface area contributed by atoms with Crippen LogP contribution in [0.5, 0.6) is 0 Å². The van der Waals surface area contributed by atoms with Crippen LogP contribution in [0.2, 0.25) is 5.15 Å². The number of nitrogens with one attached hydrogen (secondary N) is 1. The van der Waals surface area contributed by atoms with Crippen molar-refractivity contribution in [3.05, 3.63) is 35.2 Å². The van der Waals surface area contributed by atoms with Crippen molar-refractivity contribution in [1.82, 2.24) is 20.2 Å². The SMILES string of the molecule is CSc1nc(Cl)c2c(-c3ccc(F)cc3)[nH]nc2n1. The quantitative estimate of drug-likeness (QED) is 0.446. The van der Waals surface area contributed by atoms with Crippen LogP contribution in [0.15, 0.2) is 29.4 Å². The van der Waals surface area contributed by atoms with E-state index in [0.717, 1.165) is 5.56 Å². The third kappa shape index (κ3) is 2.17. The van der Waals surface area contributed by atoms with E-state index < -0.39 is 0 Å². The minimum absolute atomic E-state index is 0.292. The van der Waals surface area contributed by atoms with Gasteiger partial charge in [0.2, 0.25) is 0 Å². The van der Waals surface area contributed by atoms with Gasteiger partial charge >= 0.3 is 0 Å². The molecule has 4 nitrogen and oxygen atoms in total. The largest absolute Gasteiger partial charge is 0.275 e. The normalized spacial score (nSPS) is 11.1. The molecule has 19 heavy (non-hydrogen) atoms. The lowest BCUT2D eigenvalue weighted by Crippen LogP contribution is -1.88. The van der Waals surface area contributed by atoms with E-state index >= 15 is 0 Å². The molecule has 0 aliphatic carbocycles. The Labute approximate surface area is 117 Å². The van der Waals surface area contributed by atoms with E-state index in [2.05, 4.69) is 20.2 Å². The molecule has 0 bridgehead atoms. The molecule has 0 saturated heterocycles. The van der Waals surface area contributed by atoms with Gasteiger partial charge < -0.3 is 0 Å². The molecule has 3 rings (SSSR count). The second-order valence-corrected chi connectivity index (χ2v) is 4.94. The molecule has 0 unspecified atom stereocenters. The van der Waals surface area contributed by atoms with Crippen LogP contribution in [-0.2, 0) is 0 Å². The molecule has 0 atom stereocenters. The van der Waals surface area contributed by atoms with Gasteiger partial charge in [-0.15, -0.1) is 0 Å². The van der Waals surface area contributed by atoms with Crippen molar-refractivity contribution in [2.24, 2.45) is 0 Å². The fourth-order valence-corrected chi connectivity index (χ4v) is 2.45. The van der Waals surface area contributed by atoms with Crippen molar-refractivity contribution >= 4 is 34.4 Å². The van der Waals surface area contributed by atoms with Gasteiger partial charge in [-0.2, -0.15) is 5.10 Å². The summed E-state index contributed by atoms with van der Waals surface area (Å²) in [6.07, 6.45) is 1.87. The number of aromatic amines is 1. The van der Waals surface area contributed by atoms with Gasteiger partial charge in [0.25, 0.3) is 0 Å². The molecule has 7 heteroatoms. The lowest BCUT2D eigenvalue weighted by molar-refractivity contribution is 0.628. The van der Waals surface area contributed by atoms with Crippen LogP contribution in [0.1, 0.15) is 0 Å². The smallest absolute Gasteiger partial charge is 0.190 e. The van der Waals surface area contributed by atoms with E-state index in [-0.39, 0.29) is 5.82 Å². The lowest BCUT2D eigenvalue weighted by Gasteiger charge is -2.01. The fourth-order valence-electron chi connectivity index (χ4n) is 1.78. The first kappa shape index (κ1) is 12.4. The van der Waals surface area contributed by atoms with E-state index in [1.54, 1.807) is 12.1 Å². The first-order chi connectivity index (χ1) is 9.19. The third-order valence-corrected chi connectivity index (χ3v) is 3.49. The van der Waals surface area contributed by atoms with Crippen LogP contribution < -0.4 is 0 Å². The standard InChI is InChI=1S/C12H8ClFN4S/c1-19-12-15-10(13)8-9(17-18-11(8)16-12)6-2-4-7(14)5-3-6/h2-5H,1H3,(H,15,16,17,18). The lowest BCUT2D eigenvalue weighted by atomic mass is 10.1. The Kier molecular flexibility index (Phi) is 3.12. The molecule has 0 saturated carbocycles. The summed E-state index contributed by atoms with van der Waals surface area (Å²) < 4.78 is 12.9. The fraction of sp³-hybridized carbons (Fsp3) is 0.0833. The molecule has 1 aromatic carbocycles. The Balaban J connectivity index is 2.23. The van der Waals surface area contributed by atoms with Gasteiger partial charge in [0.15, 0.2) is 10.8 Å². The number of H-pyrrole nitrogens is 1. The zero-order valence-corrected chi connectivity index (χ0v) is 11.4. The molecular weight excluding hydrogens is 287 g/mol. The monoisotopic (exact) mass is 294 g/mol. The van der Waals surface area contributed by atoms with Gasteiger partial charge in [-0.05, 0) is 30.5 Å². The maximum Gasteiger partial charge on any atom is 0.190 e. The highest BCUT2D eigenvalue weighted by Gasteiger charge is 2.14. The first-order valence-electron chi connectivity index (χ1n) is 5.40. The number of halogens is 2. The summed E-state index contributed by atoms with van der Waals surface area (Å²) in [5.41, 5.74) is 1.97. The van der Waals surface area contributed by atoms with Crippen molar-refractivity contribution < 1.29 is 4.39 Å². The third-order valence-electron chi connectivity index (χ3n) is 2.66. The number of nitrogens with zero attached hydrogens (tertiary/aromatic N) is 3. The average molecular weight is 295 g/mol. The van der Waals surface area contributed by atoms with E-state index in [0.29, 0.717) is 27.0 Å². The molecular formula is C12H8ClFN4S. The summed E-state index contributed by atoms with van der Waals surface area (Å²) in [4.78, 5) is 8.45. The zero-order chi connectivity index (χ0) is 13.4. The summed E-state index contributed by atoms with van der Waals surface area (Å²) in [5, 5.41) is 8.54. The number of thioether (sulfide) groups is 1. The number of rotatable bonds is 2. The Morgan fingerprint density at radius 1 is 1.21 bits per heavy atom. The van der Waals surface area contributed by atoms with Gasteiger partial charge in [-0.25, -0.2) is 14.4 Å². The number of benzene rings is 1. The first-order valence-corrected chi connectivity index (χ1v) is 7.01. The van der Waals surface area contributed by atoms with Crippen molar-refractivity contribution in [2.45, 2.75) is 5.16 Å². The minimum atomic E-state index is -0.292. The molecule has 96 valence electrons. The van der Waals surface area contributed by atoms with E-state index in [1.807, 2.05) is 6.26 Å². The van der Waals surface area contributed by atoms with E-state index in [1.165, 1.54) is 23.9 Å². The van der Waals surface area contributed by atoms with Gasteiger partial charge in [-0.1, -0.05) is 23.4 Å². The van der Waals surface area contributed by atoms with Crippen molar-refractivity contribution in [3.63, 3.8) is 0 Å². The maximum absolute atomic E-state index is 12.9. The molecule has 0 fully saturated rings. The molecule has 0 amide bonds. The van der Waals surface area contributed by atoms with Gasteiger partial charge in [0.1, 0.15) is 11.0 Å². The number of aromatic nitrogens is 4. The van der Waals surface area contributed by atoms with Crippen LogP contribution in [0, 0.1) is 5.82 Å². The molecule has 2 heterocycles. The topological polar surface area (TPSA) is 54.5 Å². The minimum Gasteiger partial charge on any atom is -0.275 e. The number of fused-ring (bicyclic) bond motifs is 1. The van der Waals surface area contributed by atoms with Gasteiger partial charge in [0.05, 0.1) is 11.1 Å². The summed E-state index contributed by atoms with van der Waals surface area (Å²) in [6, 6.07) is 6.07. The van der Waals surface area contributed by atoms with E-state index in [9.17, 15) is 4.39 Å². The molecule has 0 radical (unpaired) electrons. The highest BCUT2D eigenvalue weighted by molar-refractivity contribution is 7.98. The Bertz CT molecular complexity index is 741. The molecule has 0 aliphatic heterocycles. The molecule has 1 N–H and O–H groups in total. The maximum atomic E-state index is 12.9. The van der Waals surface area contributed by atoms with E-state index in [4.69, 9.17) is 11.6 Å². The van der Waals surface area contributed by atoms with Crippen LogP contribution >= 0.6 is 23.4 Å². The van der Waals surface area contributed by atoms with Crippen molar-refractivity contribution in [3.8, 4) is 11.3 Å². The number of hydrogen-bond donors (Lipinski definition) is 1. The summed E-state index contributed by atoms with van der Waals surface area (Å²) in [5.74, 6) is -0.292. The van der Waals surface area contributed by atoms with Crippen LogP contribution in [0.25, 0.3) is 22.3 Å². The molecule has 2 aromatic heterocycles. The summed E-state index contributed by atoms with van der Waals surface area (Å²) in [6.45, 7) is 0. The van der Waals surface area contributed by atoms with Crippen molar-refractivity contribution in [1.29, 1.82) is 0 Å². The second kappa shape index (κ2) is 4.79. The van der Waals surface area contributed by atoms with Gasteiger partial charge in [0, 0.05) is 5.56 Å². The Morgan fingerprint density at radius 2 is 1.95 bits per heavy atom. The Hall–Kier alpha value is -1.66. The predicted octanol–water partition coefficient (Wildman–Crippen LogP) is 3.53. The van der Waals surface area contributed by atoms with Crippen LogP contribution in [0.4, 0.5) is 4.39 Å². The summed E-state index contributed by atoms with van der Waals surface area (Å²) in [7, 11) is 0. The predicted molar refractivity (Wildman–Crippen MR) is 73.9 cm³/mol. The molecule has 0 spiro atoms. The average Bonchev–Trinajstić information content (AvgIpc) is 2.84. The highest BCUT2D eigenvalue weighted by Crippen LogP contribution is 2.31. The highest BCUT2D eigenvalue weighted by atomic mass is 35.5.